The summed E-state index contributed by atoms with van der Waals surface area (Å²) in [6.07, 6.45) is 0.787. The summed E-state index contributed by atoms with van der Waals surface area (Å²) in [4.78, 5) is 3.22. The second-order valence-electron chi connectivity index (χ2n) is 3.46. The van der Waals surface area contributed by atoms with Crippen LogP contribution in [0.3, 0.4) is 0 Å². The highest BCUT2D eigenvalue weighted by Gasteiger charge is 2.07. The van der Waals surface area contributed by atoms with Gasteiger partial charge in [-0.25, -0.2) is 9.65 Å². The van der Waals surface area contributed by atoms with E-state index in [9.17, 15) is 4.39 Å². The zero-order valence-electron chi connectivity index (χ0n) is 9.13. The summed E-state index contributed by atoms with van der Waals surface area (Å²) in [6.45, 7) is 6.08. The molecule has 2 rings (SSSR count). The number of aryl methyl sites for hydroxylation is 1. The van der Waals surface area contributed by atoms with Crippen molar-refractivity contribution in [1.29, 1.82) is 5.26 Å². The number of benzene rings is 1. The summed E-state index contributed by atoms with van der Waals surface area (Å²) in [7, 11) is 0. The highest BCUT2D eigenvalue weighted by Crippen LogP contribution is 2.23. The number of fused-ring (bicyclic) bond motifs is 1. The molecule has 2 aromatic rings. The lowest BCUT2D eigenvalue weighted by atomic mass is 10.1. The Labute approximate surface area is 93.7 Å². The molecule has 3 nitrogen and oxygen atoms in total. The molecule has 4 heteroatoms. The molecule has 0 saturated heterocycles. The third-order valence-corrected chi connectivity index (χ3v) is 2.48. The van der Waals surface area contributed by atoms with Crippen molar-refractivity contribution in [2.45, 2.75) is 13.3 Å². The van der Waals surface area contributed by atoms with Crippen LogP contribution >= 0.6 is 0 Å². The largest absolute Gasteiger partial charge is 0.358 e. The number of hydrogen-bond acceptors (Lipinski definition) is 2. The number of nitrogens with two attached hydrogens (primary N) is 1. The van der Waals surface area contributed by atoms with Crippen molar-refractivity contribution in [3.8, 4) is 6.57 Å². The van der Waals surface area contributed by atoms with Crippen molar-refractivity contribution in [3.63, 3.8) is 0 Å². The summed E-state index contributed by atoms with van der Waals surface area (Å²) < 4.78 is 13.0. The molecule has 0 unspecified atom stereocenters. The smallest absolute Gasteiger partial charge is 0.123 e. The average molecular weight is 219 g/mol. The Balaban J connectivity index is 0.000000606. The van der Waals surface area contributed by atoms with Gasteiger partial charge in [0.2, 0.25) is 0 Å². The van der Waals surface area contributed by atoms with Crippen LogP contribution < -0.4 is 5.73 Å². The van der Waals surface area contributed by atoms with E-state index < -0.39 is 0 Å². The fraction of sp³-hybridized carbons (Fsp3) is 0.250. The van der Waals surface area contributed by atoms with Crippen LogP contribution in [0, 0.1) is 24.6 Å². The zero-order chi connectivity index (χ0) is 12.1. The molecule has 1 aromatic carbocycles. The van der Waals surface area contributed by atoms with Crippen LogP contribution in [0.5, 0.6) is 0 Å². The van der Waals surface area contributed by atoms with E-state index in [1.54, 1.807) is 12.1 Å². The molecule has 0 aliphatic rings. The summed E-state index contributed by atoms with van der Waals surface area (Å²) in [5, 5.41) is 7.45. The minimum atomic E-state index is -0.199. The van der Waals surface area contributed by atoms with E-state index in [1.165, 1.54) is 6.07 Å². The molecule has 84 valence electrons. The van der Waals surface area contributed by atoms with E-state index in [0.717, 1.165) is 28.6 Å². The fourth-order valence-corrected chi connectivity index (χ4v) is 1.82. The normalized spacial score (nSPS) is 9.81. The first-order chi connectivity index (χ1) is 7.72. The van der Waals surface area contributed by atoms with Gasteiger partial charge in [-0.2, -0.15) is 0 Å². The van der Waals surface area contributed by atoms with Crippen LogP contribution in [0.2, 0.25) is 0 Å². The predicted octanol–water partition coefficient (Wildman–Crippen LogP) is 2.26. The number of aromatic amines is 1. The third kappa shape index (κ3) is 2.20. The molecule has 16 heavy (non-hydrogen) atoms. The van der Waals surface area contributed by atoms with Gasteiger partial charge in [-0.1, -0.05) is 0 Å². The van der Waals surface area contributed by atoms with Gasteiger partial charge in [0.1, 0.15) is 5.82 Å². The number of aromatic nitrogens is 1. The molecule has 1 aromatic heterocycles. The minimum absolute atomic E-state index is 0.199. The second-order valence-corrected chi connectivity index (χ2v) is 3.46. The van der Waals surface area contributed by atoms with Crippen LogP contribution in [0.25, 0.3) is 10.9 Å². The maximum atomic E-state index is 13.0. The topological polar surface area (TPSA) is 65.6 Å². The number of rotatable bonds is 2. The van der Waals surface area contributed by atoms with E-state index >= 15 is 0 Å². The number of hydrogen-bond donors (Lipinski definition) is 2. The van der Waals surface area contributed by atoms with E-state index in [1.807, 2.05) is 6.92 Å². The molecule has 0 radical (unpaired) electrons. The van der Waals surface area contributed by atoms with Gasteiger partial charge < -0.3 is 10.7 Å². The first-order valence-corrected chi connectivity index (χ1v) is 4.95. The van der Waals surface area contributed by atoms with E-state index in [0.29, 0.717) is 6.54 Å². The number of nitriles is 1. The summed E-state index contributed by atoms with van der Waals surface area (Å²) in [5.41, 5.74) is 8.70. The quantitative estimate of drug-likeness (QED) is 0.813. The van der Waals surface area contributed by atoms with Gasteiger partial charge in [0.15, 0.2) is 0 Å². The number of nitrogens with one attached hydrogen (secondary N) is 1. The first-order valence-electron chi connectivity index (χ1n) is 4.95. The van der Waals surface area contributed by atoms with Crippen molar-refractivity contribution in [2.24, 2.45) is 5.73 Å². The van der Waals surface area contributed by atoms with Crippen molar-refractivity contribution in [2.75, 3.05) is 6.54 Å². The van der Waals surface area contributed by atoms with Gasteiger partial charge in [-0.05, 0) is 43.7 Å². The van der Waals surface area contributed by atoms with E-state index in [2.05, 4.69) is 11.6 Å². The Hall–Kier alpha value is -1.86. The Morgan fingerprint density at radius 3 is 2.75 bits per heavy atom. The molecule has 0 fully saturated rings. The molecule has 0 aliphatic heterocycles. The lowest BCUT2D eigenvalue weighted by molar-refractivity contribution is 0.629. The van der Waals surface area contributed by atoms with Gasteiger partial charge >= 0.3 is 0 Å². The first kappa shape index (κ1) is 12.2. The number of H-pyrrole nitrogens is 1. The monoisotopic (exact) mass is 219 g/mol. The minimum Gasteiger partial charge on any atom is -0.358 e. The molecule has 3 N–H and O–H groups in total. The predicted molar refractivity (Wildman–Crippen MR) is 62.4 cm³/mol. The Morgan fingerprint density at radius 1 is 1.44 bits per heavy atom. The molecule has 0 amide bonds. The van der Waals surface area contributed by atoms with Gasteiger partial charge in [-0.15, -0.1) is 0 Å². The van der Waals surface area contributed by atoms with Crippen LogP contribution in [0.4, 0.5) is 4.39 Å². The van der Waals surface area contributed by atoms with Gasteiger partial charge in [-0.3, -0.25) is 0 Å². The van der Waals surface area contributed by atoms with Gasteiger partial charge in [0.05, 0.1) is 0 Å². The highest BCUT2D eigenvalue weighted by molar-refractivity contribution is 5.84. The summed E-state index contributed by atoms with van der Waals surface area (Å²) in [5.74, 6) is -0.199. The molecule has 0 atom stereocenters. The molecule has 0 saturated carbocycles. The molecule has 0 aliphatic carbocycles. The van der Waals surface area contributed by atoms with Crippen LogP contribution in [0.15, 0.2) is 18.2 Å². The SMILES string of the molecule is C#N.Cc1[nH]c2ccc(F)cc2c1CCN. The van der Waals surface area contributed by atoms with Crippen molar-refractivity contribution < 1.29 is 4.39 Å². The highest BCUT2D eigenvalue weighted by atomic mass is 19.1. The molecular weight excluding hydrogens is 205 g/mol. The van der Waals surface area contributed by atoms with Gasteiger partial charge in [0, 0.05) is 23.2 Å². The average Bonchev–Trinajstić information content (AvgIpc) is 2.59. The third-order valence-electron chi connectivity index (χ3n) is 2.48. The molecule has 0 bridgehead atoms. The van der Waals surface area contributed by atoms with Crippen molar-refractivity contribution >= 4 is 10.9 Å². The fourth-order valence-electron chi connectivity index (χ4n) is 1.82. The van der Waals surface area contributed by atoms with Crippen LogP contribution in [0.1, 0.15) is 11.3 Å². The molecule has 1 heterocycles. The van der Waals surface area contributed by atoms with Crippen LogP contribution in [-0.2, 0) is 6.42 Å². The summed E-state index contributed by atoms with van der Waals surface area (Å²) >= 11 is 0. The van der Waals surface area contributed by atoms with E-state index in [-0.39, 0.29) is 5.82 Å². The number of nitrogens with zero attached hydrogens (tertiary/aromatic N) is 1. The standard InChI is InChI=1S/C11H13FN2.CHN/c1-7-9(4-5-13)10-6-8(12)2-3-11(10)14-7;1-2/h2-3,6,14H,4-5,13H2,1H3;1H. The lowest BCUT2D eigenvalue weighted by Gasteiger charge is -1.97. The summed E-state index contributed by atoms with van der Waals surface area (Å²) in [6, 6.07) is 4.78. The Morgan fingerprint density at radius 2 is 2.12 bits per heavy atom. The van der Waals surface area contributed by atoms with Gasteiger partial charge in [0.25, 0.3) is 0 Å². The molecule has 0 spiro atoms. The van der Waals surface area contributed by atoms with E-state index in [4.69, 9.17) is 11.0 Å². The Kier molecular flexibility index (Phi) is 4.03. The molecular formula is C12H14FN3. The van der Waals surface area contributed by atoms with Crippen LogP contribution in [-0.4, -0.2) is 11.5 Å². The second kappa shape index (κ2) is 5.29. The lowest BCUT2D eigenvalue weighted by Crippen LogP contribution is -2.03. The maximum absolute atomic E-state index is 13.0. The van der Waals surface area contributed by atoms with Crippen molar-refractivity contribution in [1.82, 2.24) is 4.98 Å². The van der Waals surface area contributed by atoms with Crippen molar-refractivity contribution in [3.05, 3.63) is 35.3 Å². The number of halogens is 1. The zero-order valence-corrected chi connectivity index (χ0v) is 9.13. The maximum Gasteiger partial charge on any atom is 0.123 e. The Bertz CT molecular complexity index is 499.